The van der Waals surface area contributed by atoms with E-state index in [2.05, 4.69) is 14.8 Å². The van der Waals surface area contributed by atoms with Crippen LogP contribution in [0.3, 0.4) is 0 Å². The molecular formula is C18H24N4O2. The predicted molar refractivity (Wildman–Crippen MR) is 90.2 cm³/mol. The van der Waals surface area contributed by atoms with E-state index in [4.69, 9.17) is 0 Å². The molecule has 128 valence electrons. The number of likely N-dealkylation sites (tertiary alicyclic amines) is 1. The highest BCUT2D eigenvalue weighted by Crippen LogP contribution is 2.38. The highest BCUT2D eigenvalue weighted by molar-refractivity contribution is 6.05. The minimum Gasteiger partial charge on any atom is -0.369 e. The second-order valence-corrected chi connectivity index (χ2v) is 7.05. The molecule has 2 saturated heterocycles. The average Bonchev–Trinajstić information content (AvgIpc) is 2.88. The van der Waals surface area contributed by atoms with E-state index < -0.39 is 0 Å². The first-order valence-corrected chi connectivity index (χ1v) is 8.96. The zero-order valence-electron chi connectivity index (χ0n) is 13.9. The molecule has 1 saturated carbocycles. The van der Waals surface area contributed by atoms with Crippen LogP contribution >= 0.6 is 0 Å². The topological polar surface area (TPSA) is 56.8 Å². The summed E-state index contributed by atoms with van der Waals surface area (Å²) in [6.07, 6.45) is 7.57. The molecule has 0 aromatic carbocycles. The third-order valence-electron chi connectivity index (χ3n) is 5.67. The third-order valence-corrected chi connectivity index (χ3v) is 5.67. The van der Waals surface area contributed by atoms with Crippen LogP contribution in [0.5, 0.6) is 0 Å². The van der Waals surface area contributed by atoms with Gasteiger partial charge in [0.25, 0.3) is 0 Å². The molecule has 0 bridgehead atoms. The van der Waals surface area contributed by atoms with Crippen LogP contribution in [0.4, 0.5) is 5.69 Å². The van der Waals surface area contributed by atoms with Gasteiger partial charge in [0, 0.05) is 44.3 Å². The molecule has 24 heavy (non-hydrogen) atoms. The van der Waals surface area contributed by atoms with E-state index >= 15 is 0 Å². The van der Waals surface area contributed by atoms with E-state index in [1.54, 1.807) is 0 Å². The molecule has 2 aliphatic heterocycles. The molecule has 0 unspecified atom stereocenters. The molecule has 3 heterocycles. The van der Waals surface area contributed by atoms with E-state index in [0.29, 0.717) is 6.67 Å². The van der Waals surface area contributed by atoms with Crippen LogP contribution in [-0.4, -0.2) is 59.4 Å². The van der Waals surface area contributed by atoms with E-state index in [-0.39, 0.29) is 23.7 Å². The largest absolute Gasteiger partial charge is 0.369 e. The van der Waals surface area contributed by atoms with Crippen molar-refractivity contribution in [1.29, 1.82) is 0 Å². The molecule has 3 aliphatic rings. The lowest BCUT2D eigenvalue weighted by Gasteiger charge is -2.37. The van der Waals surface area contributed by atoms with Crippen molar-refractivity contribution < 1.29 is 9.59 Å². The van der Waals surface area contributed by atoms with Crippen LogP contribution in [0.25, 0.3) is 0 Å². The van der Waals surface area contributed by atoms with Crippen LogP contribution in [0.1, 0.15) is 25.7 Å². The van der Waals surface area contributed by atoms with E-state index in [1.165, 1.54) is 10.6 Å². The Balaban J connectivity index is 1.35. The number of nitrogens with zero attached hydrogens (tertiary/aromatic N) is 4. The molecule has 4 rings (SSSR count). The normalized spacial score (nSPS) is 28.3. The van der Waals surface area contributed by atoms with Gasteiger partial charge in [-0.1, -0.05) is 12.8 Å². The number of anilines is 1. The van der Waals surface area contributed by atoms with E-state index in [0.717, 1.165) is 51.9 Å². The Morgan fingerprint density at radius 2 is 1.50 bits per heavy atom. The number of carbonyl (C=O) groups excluding carboxylic acids is 2. The molecule has 3 fully saturated rings. The monoisotopic (exact) mass is 328 g/mol. The van der Waals surface area contributed by atoms with Gasteiger partial charge in [0.1, 0.15) is 0 Å². The fourth-order valence-corrected chi connectivity index (χ4v) is 4.27. The molecule has 2 atom stereocenters. The number of hydrogen-bond acceptors (Lipinski definition) is 5. The maximum Gasteiger partial charge on any atom is 0.234 e. The number of amides is 2. The van der Waals surface area contributed by atoms with Crippen LogP contribution in [0, 0.1) is 11.8 Å². The third kappa shape index (κ3) is 2.79. The van der Waals surface area contributed by atoms with Crippen molar-refractivity contribution in [3.8, 4) is 0 Å². The summed E-state index contributed by atoms with van der Waals surface area (Å²) < 4.78 is 0. The van der Waals surface area contributed by atoms with Crippen LogP contribution < -0.4 is 4.90 Å². The smallest absolute Gasteiger partial charge is 0.234 e. The summed E-state index contributed by atoms with van der Waals surface area (Å²) in [7, 11) is 0. The number of rotatable bonds is 3. The summed E-state index contributed by atoms with van der Waals surface area (Å²) in [5.74, 6) is 0.0660. The van der Waals surface area contributed by atoms with Crippen molar-refractivity contribution in [2.24, 2.45) is 11.8 Å². The number of aromatic nitrogens is 1. The van der Waals surface area contributed by atoms with Crippen LogP contribution in [0.2, 0.25) is 0 Å². The Labute approximate surface area is 142 Å². The summed E-state index contributed by atoms with van der Waals surface area (Å²) in [5, 5.41) is 0. The highest BCUT2D eigenvalue weighted by atomic mass is 16.2. The number of carbonyl (C=O) groups is 2. The van der Waals surface area contributed by atoms with E-state index in [9.17, 15) is 9.59 Å². The van der Waals surface area contributed by atoms with Crippen molar-refractivity contribution in [2.45, 2.75) is 25.7 Å². The van der Waals surface area contributed by atoms with E-state index in [1.807, 2.05) is 24.5 Å². The molecule has 0 spiro atoms. The lowest BCUT2D eigenvalue weighted by Crippen LogP contribution is -2.51. The van der Waals surface area contributed by atoms with Crippen molar-refractivity contribution >= 4 is 17.5 Å². The minimum absolute atomic E-state index is 0.0376. The Hall–Kier alpha value is -1.95. The van der Waals surface area contributed by atoms with Gasteiger partial charge in [0.15, 0.2) is 0 Å². The maximum absolute atomic E-state index is 12.6. The SMILES string of the molecule is O=C1[C@H]2CCCC[C@@H]2C(=O)N1CN1CCN(c2ccncc2)CC1. The standard InChI is InChI=1S/C18H24N4O2/c23-17-15-3-1-2-4-16(15)18(24)22(17)13-20-9-11-21(12-10-20)14-5-7-19-8-6-14/h5-8,15-16H,1-4,9-13H2/t15-,16-/m0/s1. The number of piperazine rings is 1. The maximum atomic E-state index is 12.6. The van der Waals surface area contributed by atoms with Gasteiger partial charge in [-0.05, 0) is 25.0 Å². The molecule has 1 aromatic rings. The summed E-state index contributed by atoms with van der Waals surface area (Å²) >= 11 is 0. The molecular weight excluding hydrogens is 304 g/mol. The fourth-order valence-electron chi connectivity index (χ4n) is 4.27. The second kappa shape index (κ2) is 6.51. The van der Waals surface area contributed by atoms with Gasteiger partial charge in [-0.3, -0.25) is 24.4 Å². The summed E-state index contributed by atoms with van der Waals surface area (Å²) in [4.78, 5) is 35.3. The van der Waals surface area contributed by atoms with Crippen molar-refractivity contribution in [2.75, 3.05) is 37.7 Å². The van der Waals surface area contributed by atoms with Gasteiger partial charge in [-0.25, -0.2) is 0 Å². The Kier molecular flexibility index (Phi) is 4.22. The van der Waals surface area contributed by atoms with Gasteiger partial charge in [0.05, 0.1) is 18.5 Å². The average molecular weight is 328 g/mol. The minimum atomic E-state index is -0.0376. The molecule has 1 aromatic heterocycles. The summed E-state index contributed by atoms with van der Waals surface area (Å²) in [6, 6.07) is 4.04. The van der Waals surface area contributed by atoms with Crippen molar-refractivity contribution in [1.82, 2.24) is 14.8 Å². The number of hydrogen-bond donors (Lipinski definition) is 0. The lowest BCUT2D eigenvalue weighted by molar-refractivity contribution is -0.142. The van der Waals surface area contributed by atoms with Gasteiger partial charge in [-0.2, -0.15) is 0 Å². The zero-order chi connectivity index (χ0) is 16.5. The molecule has 6 nitrogen and oxygen atoms in total. The molecule has 6 heteroatoms. The number of imide groups is 1. The predicted octanol–water partition coefficient (Wildman–Crippen LogP) is 1.34. The fraction of sp³-hybridized carbons (Fsp3) is 0.611. The van der Waals surface area contributed by atoms with Gasteiger partial charge >= 0.3 is 0 Å². The van der Waals surface area contributed by atoms with Crippen LogP contribution in [-0.2, 0) is 9.59 Å². The quantitative estimate of drug-likeness (QED) is 0.784. The molecule has 0 N–H and O–H groups in total. The Morgan fingerprint density at radius 3 is 2.08 bits per heavy atom. The zero-order valence-corrected chi connectivity index (χ0v) is 13.9. The first-order valence-electron chi connectivity index (χ1n) is 8.96. The molecule has 1 aliphatic carbocycles. The highest BCUT2D eigenvalue weighted by Gasteiger charge is 2.48. The van der Waals surface area contributed by atoms with Gasteiger partial charge in [0.2, 0.25) is 11.8 Å². The first kappa shape index (κ1) is 15.6. The Morgan fingerprint density at radius 1 is 0.917 bits per heavy atom. The van der Waals surface area contributed by atoms with Crippen LogP contribution in [0.15, 0.2) is 24.5 Å². The molecule has 2 amide bonds. The van der Waals surface area contributed by atoms with Gasteiger partial charge in [-0.15, -0.1) is 0 Å². The second-order valence-electron chi connectivity index (χ2n) is 7.05. The lowest BCUT2D eigenvalue weighted by atomic mass is 9.81. The van der Waals surface area contributed by atoms with Crippen molar-refractivity contribution in [3.63, 3.8) is 0 Å². The summed E-state index contributed by atoms with van der Waals surface area (Å²) in [6.45, 7) is 4.03. The number of pyridine rings is 1. The Bertz CT molecular complexity index is 589. The number of fused-ring (bicyclic) bond motifs is 1. The first-order chi connectivity index (χ1) is 11.7. The van der Waals surface area contributed by atoms with Gasteiger partial charge < -0.3 is 4.90 Å². The summed E-state index contributed by atoms with van der Waals surface area (Å²) in [5.41, 5.74) is 1.18. The molecule has 0 radical (unpaired) electrons. The van der Waals surface area contributed by atoms with Crippen molar-refractivity contribution in [3.05, 3.63) is 24.5 Å².